The summed E-state index contributed by atoms with van der Waals surface area (Å²) in [5, 5.41) is 22.1. The van der Waals surface area contributed by atoms with E-state index >= 15 is 0 Å². The smallest absolute Gasteiger partial charge is 0.271 e. The zero-order valence-corrected chi connectivity index (χ0v) is 20.3. The lowest BCUT2D eigenvalue weighted by Gasteiger charge is -2.42. The normalized spacial score (nSPS) is 26.5. The molecule has 0 spiro atoms. The summed E-state index contributed by atoms with van der Waals surface area (Å²) in [6, 6.07) is 12.0. The fourth-order valence-electron chi connectivity index (χ4n) is 6.47. The number of nitro benzene ring substituents is 1. The van der Waals surface area contributed by atoms with Gasteiger partial charge >= 0.3 is 0 Å². The van der Waals surface area contributed by atoms with Gasteiger partial charge in [0, 0.05) is 40.3 Å². The average Bonchev–Trinajstić information content (AvgIpc) is 3.16. The van der Waals surface area contributed by atoms with Crippen LogP contribution in [0.3, 0.4) is 0 Å². The predicted molar refractivity (Wildman–Crippen MR) is 135 cm³/mol. The van der Waals surface area contributed by atoms with Crippen LogP contribution in [-0.4, -0.2) is 33.4 Å². The Labute approximate surface area is 216 Å². The molecule has 4 unspecified atom stereocenters. The lowest BCUT2D eigenvalue weighted by molar-refractivity contribution is -0.384. The number of carbonyl (C=O) groups excluding carboxylic acids is 4. The third kappa shape index (κ3) is 3.31. The van der Waals surface area contributed by atoms with Gasteiger partial charge in [-0.05, 0) is 43.9 Å². The maximum Gasteiger partial charge on any atom is 0.271 e. The number of benzene rings is 2. The maximum absolute atomic E-state index is 13.8. The first-order valence-electron chi connectivity index (χ1n) is 12.3. The first-order valence-corrected chi connectivity index (χ1v) is 12.3. The predicted octanol–water partition coefficient (Wildman–Crippen LogP) is 3.93. The molecule has 0 bridgehead atoms. The first-order chi connectivity index (χ1) is 18.2. The topological polar surface area (TPSA) is 135 Å². The highest BCUT2D eigenvalue weighted by Crippen LogP contribution is 2.56. The van der Waals surface area contributed by atoms with Gasteiger partial charge in [-0.15, -0.1) is 0 Å². The number of Topliss-reactive ketones (excluding diaryl/α,β-unsaturated/α-hetero) is 1. The number of nitro groups is 1. The molecule has 4 atom stereocenters. The van der Waals surface area contributed by atoms with Crippen molar-refractivity contribution in [1.29, 1.82) is 0 Å². The Hall–Kier alpha value is -4.66. The number of hydrogen-bond acceptors (Lipinski definition) is 7. The molecule has 1 N–H and O–H groups in total. The van der Waals surface area contributed by atoms with Crippen molar-refractivity contribution in [2.24, 2.45) is 17.8 Å². The Morgan fingerprint density at radius 2 is 1.76 bits per heavy atom. The van der Waals surface area contributed by atoms with E-state index in [1.165, 1.54) is 36.4 Å². The Morgan fingerprint density at radius 1 is 1.00 bits per heavy atom. The third-order valence-corrected chi connectivity index (χ3v) is 8.11. The zero-order chi connectivity index (χ0) is 26.9. The van der Waals surface area contributed by atoms with Crippen LogP contribution in [0.25, 0.3) is 0 Å². The fraction of sp³-hybridized carbons (Fsp3) is 0.241. The number of allylic oxidation sites excluding steroid dienone is 6. The number of para-hydroxylation sites is 1. The first kappa shape index (κ1) is 23.7. The van der Waals surface area contributed by atoms with Gasteiger partial charge in [0.15, 0.2) is 11.6 Å². The van der Waals surface area contributed by atoms with E-state index in [9.17, 15) is 34.4 Å². The van der Waals surface area contributed by atoms with Crippen molar-refractivity contribution in [3.8, 4) is 5.75 Å². The molecule has 0 radical (unpaired) electrons. The van der Waals surface area contributed by atoms with Gasteiger partial charge in [0.2, 0.25) is 11.8 Å². The molecule has 1 saturated heterocycles. The van der Waals surface area contributed by atoms with Crippen molar-refractivity contribution in [1.82, 2.24) is 0 Å². The summed E-state index contributed by atoms with van der Waals surface area (Å²) in [5.74, 6) is -4.36. The summed E-state index contributed by atoms with van der Waals surface area (Å²) < 4.78 is 0. The van der Waals surface area contributed by atoms with Gasteiger partial charge in [-0.25, -0.2) is 4.90 Å². The average molecular weight is 511 g/mol. The Morgan fingerprint density at radius 3 is 2.50 bits per heavy atom. The van der Waals surface area contributed by atoms with E-state index in [-0.39, 0.29) is 41.5 Å². The number of hydrogen-bond donors (Lipinski definition) is 1. The number of anilines is 1. The highest BCUT2D eigenvalue weighted by Gasteiger charge is 2.56. The third-order valence-electron chi connectivity index (χ3n) is 8.11. The Balaban J connectivity index is 1.48. The molecule has 1 aliphatic heterocycles. The molecule has 9 heteroatoms. The van der Waals surface area contributed by atoms with Gasteiger partial charge in [0.05, 0.1) is 22.4 Å². The minimum absolute atomic E-state index is 0.0356. The number of nitrogens with zero attached hydrogens (tertiary/aromatic N) is 2. The van der Waals surface area contributed by atoms with Crippen molar-refractivity contribution in [2.75, 3.05) is 4.90 Å². The van der Waals surface area contributed by atoms with E-state index in [1.54, 1.807) is 25.1 Å². The highest BCUT2D eigenvalue weighted by molar-refractivity contribution is 6.25. The van der Waals surface area contributed by atoms with E-state index < -0.39 is 40.4 Å². The van der Waals surface area contributed by atoms with E-state index in [4.69, 9.17) is 0 Å². The molecule has 190 valence electrons. The number of phenolic OH excluding ortho intramolecular Hbond substituents is 1. The standard InChI is InChI=1S/C29H22N2O7/c1-14-11-23(33)26-21(27(14)34)13-20-17(24(26)18-7-2-3-8-22(18)32)9-10-19-25(20)29(36)30(28(19)35)15-5-4-6-16(12-15)31(37)38/h2-9,11-12,19-20,24-25,32H,10,13H2,1H3. The van der Waals surface area contributed by atoms with Gasteiger partial charge in [0.25, 0.3) is 5.69 Å². The number of fused-ring (bicyclic) bond motifs is 3. The molecule has 0 saturated carbocycles. The zero-order valence-electron chi connectivity index (χ0n) is 20.3. The largest absolute Gasteiger partial charge is 0.508 e. The van der Waals surface area contributed by atoms with Crippen molar-refractivity contribution >= 4 is 34.8 Å². The molecule has 2 aromatic rings. The molecule has 2 aromatic carbocycles. The monoisotopic (exact) mass is 510 g/mol. The van der Waals surface area contributed by atoms with Crippen LogP contribution in [0.1, 0.15) is 31.2 Å². The van der Waals surface area contributed by atoms with E-state index in [0.717, 1.165) is 10.5 Å². The second-order valence-corrected chi connectivity index (χ2v) is 10.1. The molecule has 1 heterocycles. The van der Waals surface area contributed by atoms with Crippen molar-refractivity contribution in [3.63, 3.8) is 0 Å². The molecule has 0 aromatic heterocycles. The molecule has 1 fully saturated rings. The summed E-state index contributed by atoms with van der Waals surface area (Å²) in [7, 11) is 0. The van der Waals surface area contributed by atoms with Crippen LogP contribution in [0.15, 0.2) is 83.0 Å². The minimum Gasteiger partial charge on any atom is -0.508 e. The van der Waals surface area contributed by atoms with Gasteiger partial charge in [-0.1, -0.05) is 35.9 Å². The van der Waals surface area contributed by atoms with Crippen LogP contribution in [0.4, 0.5) is 11.4 Å². The van der Waals surface area contributed by atoms with Gasteiger partial charge in [-0.3, -0.25) is 29.3 Å². The number of imide groups is 1. The van der Waals surface area contributed by atoms with Gasteiger partial charge in [-0.2, -0.15) is 0 Å². The van der Waals surface area contributed by atoms with Crippen LogP contribution in [0, 0.1) is 27.9 Å². The van der Waals surface area contributed by atoms with E-state index in [2.05, 4.69) is 0 Å². The molecule has 3 aliphatic carbocycles. The molecule has 9 nitrogen and oxygen atoms in total. The number of non-ortho nitro benzene ring substituents is 1. The highest BCUT2D eigenvalue weighted by atomic mass is 16.6. The lowest BCUT2D eigenvalue weighted by Crippen LogP contribution is -2.39. The van der Waals surface area contributed by atoms with Crippen molar-refractivity contribution in [3.05, 3.63) is 98.7 Å². The van der Waals surface area contributed by atoms with Crippen LogP contribution in [-0.2, 0) is 19.2 Å². The number of rotatable bonds is 3. The Bertz CT molecular complexity index is 1580. The van der Waals surface area contributed by atoms with Crippen LogP contribution in [0.5, 0.6) is 5.75 Å². The van der Waals surface area contributed by atoms with Crippen LogP contribution in [0.2, 0.25) is 0 Å². The summed E-state index contributed by atoms with van der Waals surface area (Å²) in [5.41, 5.74) is 1.98. The van der Waals surface area contributed by atoms with Crippen molar-refractivity contribution < 1.29 is 29.2 Å². The SMILES string of the molecule is CC1=CC(=O)C2=C(CC3C(=CCC4C(=O)N(c5cccc([N+](=O)[O-])c5)C(=O)C43)C2c2ccccc2O)C1=O. The molecule has 6 rings (SSSR count). The van der Waals surface area contributed by atoms with Crippen LogP contribution >= 0.6 is 0 Å². The fourth-order valence-corrected chi connectivity index (χ4v) is 6.47. The Kier molecular flexibility index (Phi) is 5.27. The quantitative estimate of drug-likeness (QED) is 0.217. The number of carbonyl (C=O) groups is 4. The second-order valence-electron chi connectivity index (χ2n) is 10.1. The molecular weight excluding hydrogens is 488 g/mol. The molecular formula is C29H22N2O7. The lowest BCUT2D eigenvalue weighted by atomic mass is 9.59. The molecule has 2 amide bonds. The molecule has 4 aliphatic rings. The minimum atomic E-state index is -0.807. The summed E-state index contributed by atoms with van der Waals surface area (Å²) in [4.78, 5) is 65.6. The summed E-state index contributed by atoms with van der Waals surface area (Å²) in [6.07, 6.45) is 3.52. The number of aromatic hydroxyl groups is 1. The second kappa shape index (κ2) is 8.44. The van der Waals surface area contributed by atoms with E-state index in [0.29, 0.717) is 22.3 Å². The number of ketones is 2. The van der Waals surface area contributed by atoms with Gasteiger partial charge in [0.1, 0.15) is 5.75 Å². The van der Waals surface area contributed by atoms with E-state index in [1.807, 2.05) is 6.08 Å². The molecule has 38 heavy (non-hydrogen) atoms. The summed E-state index contributed by atoms with van der Waals surface area (Å²) in [6.45, 7) is 1.57. The van der Waals surface area contributed by atoms with Gasteiger partial charge < -0.3 is 5.11 Å². The van der Waals surface area contributed by atoms with Crippen molar-refractivity contribution in [2.45, 2.75) is 25.7 Å². The van der Waals surface area contributed by atoms with Crippen LogP contribution < -0.4 is 4.90 Å². The maximum atomic E-state index is 13.8. The summed E-state index contributed by atoms with van der Waals surface area (Å²) >= 11 is 0. The number of amides is 2. The number of phenols is 1.